The maximum Gasteiger partial charge on any atom is 0.129 e. The zero-order chi connectivity index (χ0) is 16.4. The number of halogens is 1. The van der Waals surface area contributed by atoms with Gasteiger partial charge in [-0.1, -0.05) is 35.9 Å². The highest BCUT2D eigenvalue weighted by Gasteiger charge is 2.15. The molecular formula is C18H17ClN4O. The van der Waals surface area contributed by atoms with Gasteiger partial charge in [-0.15, -0.1) is 0 Å². The molecule has 2 aromatic heterocycles. The highest BCUT2D eigenvalue weighted by molar-refractivity contribution is 6.29. The molecule has 1 aliphatic heterocycles. The molecule has 1 aliphatic rings. The summed E-state index contributed by atoms with van der Waals surface area (Å²) in [5.41, 5.74) is 5.02. The van der Waals surface area contributed by atoms with E-state index in [1.54, 1.807) is 12.3 Å². The highest BCUT2D eigenvalue weighted by Crippen LogP contribution is 2.26. The summed E-state index contributed by atoms with van der Waals surface area (Å²) in [6, 6.07) is 14.1. The molecule has 6 heteroatoms. The number of H-pyrrole nitrogens is 1. The predicted octanol–water partition coefficient (Wildman–Crippen LogP) is 3.45. The van der Waals surface area contributed by atoms with Gasteiger partial charge in [0.25, 0.3) is 0 Å². The number of aromatic amines is 1. The first-order chi connectivity index (χ1) is 11.8. The predicted molar refractivity (Wildman–Crippen MR) is 93.8 cm³/mol. The molecule has 0 bridgehead atoms. The molecule has 24 heavy (non-hydrogen) atoms. The van der Waals surface area contributed by atoms with Gasteiger partial charge in [0.2, 0.25) is 0 Å². The normalized spacial score (nSPS) is 17.8. The molecule has 5 nitrogen and oxygen atoms in total. The molecule has 1 aromatic carbocycles. The van der Waals surface area contributed by atoms with Crippen LogP contribution in [0.15, 0.2) is 48.7 Å². The van der Waals surface area contributed by atoms with Crippen LogP contribution in [-0.4, -0.2) is 34.9 Å². The van der Waals surface area contributed by atoms with Crippen molar-refractivity contribution in [2.75, 3.05) is 19.7 Å². The lowest BCUT2D eigenvalue weighted by atomic mass is 10.0. The van der Waals surface area contributed by atoms with Gasteiger partial charge in [0, 0.05) is 24.8 Å². The number of morpholine rings is 1. The molecule has 3 heterocycles. The van der Waals surface area contributed by atoms with Crippen molar-refractivity contribution < 1.29 is 4.74 Å². The number of ether oxygens (including phenoxy) is 1. The summed E-state index contributed by atoms with van der Waals surface area (Å²) in [5, 5.41) is 11.3. The molecule has 0 unspecified atom stereocenters. The summed E-state index contributed by atoms with van der Waals surface area (Å²) in [7, 11) is 0. The number of nitrogens with zero attached hydrogens (tertiary/aromatic N) is 2. The Hall–Kier alpha value is -2.21. The molecular weight excluding hydrogens is 324 g/mol. The van der Waals surface area contributed by atoms with Crippen LogP contribution >= 0.6 is 11.6 Å². The third-order valence-corrected chi connectivity index (χ3v) is 4.33. The maximum absolute atomic E-state index is 5.94. The Bertz CT molecular complexity index is 825. The minimum absolute atomic E-state index is 0.129. The lowest BCUT2D eigenvalue weighted by Crippen LogP contribution is -2.33. The van der Waals surface area contributed by atoms with Crippen molar-refractivity contribution in [2.45, 2.75) is 6.10 Å². The molecule has 0 spiro atoms. The Kier molecular flexibility index (Phi) is 4.30. The summed E-state index contributed by atoms with van der Waals surface area (Å²) in [5.74, 6) is 0. The standard InChI is InChI=1S/C18H17ClN4O/c19-18-9-14(5-6-21-18)16-10-15(22-23-16)12-1-3-13(4-2-12)17-11-20-7-8-24-17/h1-6,9-10,17,20H,7-8,11H2,(H,22,23)/t17-/m1/s1. The molecule has 2 N–H and O–H groups in total. The van der Waals surface area contributed by atoms with Crippen LogP contribution in [0.1, 0.15) is 11.7 Å². The van der Waals surface area contributed by atoms with Crippen LogP contribution in [0.4, 0.5) is 0 Å². The average Bonchev–Trinajstić information content (AvgIpc) is 3.13. The number of benzene rings is 1. The second-order valence-corrected chi connectivity index (χ2v) is 6.11. The minimum Gasteiger partial charge on any atom is -0.371 e. The molecule has 1 saturated heterocycles. The monoisotopic (exact) mass is 340 g/mol. The van der Waals surface area contributed by atoms with Crippen molar-refractivity contribution >= 4 is 11.6 Å². The second kappa shape index (κ2) is 6.73. The van der Waals surface area contributed by atoms with Gasteiger partial charge in [0.05, 0.1) is 24.1 Å². The first kappa shape index (κ1) is 15.3. The summed E-state index contributed by atoms with van der Waals surface area (Å²) in [6.07, 6.45) is 1.81. The van der Waals surface area contributed by atoms with Crippen LogP contribution in [0.2, 0.25) is 5.15 Å². The van der Waals surface area contributed by atoms with E-state index in [0.29, 0.717) is 5.15 Å². The van der Waals surface area contributed by atoms with Crippen LogP contribution < -0.4 is 5.32 Å². The lowest BCUT2D eigenvalue weighted by molar-refractivity contribution is 0.0277. The van der Waals surface area contributed by atoms with Crippen molar-refractivity contribution in [1.82, 2.24) is 20.5 Å². The van der Waals surface area contributed by atoms with E-state index in [-0.39, 0.29) is 6.10 Å². The van der Waals surface area contributed by atoms with Gasteiger partial charge in [-0.25, -0.2) is 4.98 Å². The molecule has 0 saturated carbocycles. The highest BCUT2D eigenvalue weighted by atomic mass is 35.5. The SMILES string of the molecule is Clc1cc(-c2cc(-c3ccc([C@H]4CNCCO4)cc3)[nH]n2)ccn1. The Balaban J connectivity index is 1.56. The zero-order valence-electron chi connectivity index (χ0n) is 13.0. The number of pyridine rings is 1. The topological polar surface area (TPSA) is 62.8 Å². The largest absolute Gasteiger partial charge is 0.371 e. The Morgan fingerprint density at radius 3 is 2.71 bits per heavy atom. The molecule has 1 atom stereocenters. The van der Waals surface area contributed by atoms with E-state index in [1.807, 2.05) is 12.1 Å². The van der Waals surface area contributed by atoms with Gasteiger partial charge in [-0.2, -0.15) is 5.10 Å². The molecule has 0 amide bonds. The average molecular weight is 341 g/mol. The first-order valence-corrected chi connectivity index (χ1v) is 8.27. The molecule has 0 radical (unpaired) electrons. The van der Waals surface area contributed by atoms with Crippen molar-refractivity contribution in [3.05, 3.63) is 59.4 Å². The molecule has 122 valence electrons. The fourth-order valence-corrected chi connectivity index (χ4v) is 3.01. The van der Waals surface area contributed by atoms with Crippen molar-refractivity contribution in [2.24, 2.45) is 0 Å². The summed E-state index contributed by atoms with van der Waals surface area (Å²) in [4.78, 5) is 3.99. The molecule has 3 aromatic rings. The van der Waals surface area contributed by atoms with Crippen LogP contribution in [0, 0.1) is 0 Å². The summed E-state index contributed by atoms with van der Waals surface area (Å²) in [6.45, 7) is 2.53. The van der Waals surface area contributed by atoms with Crippen LogP contribution in [0.3, 0.4) is 0 Å². The third-order valence-electron chi connectivity index (χ3n) is 4.12. The zero-order valence-corrected chi connectivity index (χ0v) is 13.8. The Labute approximate surface area is 145 Å². The van der Waals surface area contributed by atoms with Gasteiger partial charge in [-0.3, -0.25) is 5.10 Å². The Morgan fingerprint density at radius 2 is 1.96 bits per heavy atom. The fourth-order valence-electron chi connectivity index (χ4n) is 2.84. The van der Waals surface area contributed by atoms with Crippen LogP contribution in [0.5, 0.6) is 0 Å². The molecule has 4 rings (SSSR count). The van der Waals surface area contributed by atoms with Gasteiger partial charge in [-0.05, 0) is 29.3 Å². The van der Waals surface area contributed by atoms with E-state index in [1.165, 1.54) is 5.56 Å². The van der Waals surface area contributed by atoms with Gasteiger partial charge >= 0.3 is 0 Å². The number of rotatable bonds is 3. The van der Waals surface area contributed by atoms with Crippen molar-refractivity contribution in [3.8, 4) is 22.5 Å². The summed E-state index contributed by atoms with van der Waals surface area (Å²) >= 11 is 5.94. The smallest absolute Gasteiger partial charge is 0.129 e. The van der Waals surface area contributed by atoms with E-state index in [4.69, 9.17) is 16.3 Å². The van der Waals surface area contributed by atoms with Crippen molar-refractivity contribution in [3.63, 3.8) is 0 Å². The van der Waals surface area contributed by atoms with Crippen LogP contribution in [0.25, 0.3) is 22.5 Å². The quantitative estimate of drug-likeness (QED) is 0.717. The number of hydrogen-bond donors (Lipinski definition) is 2. The Morgan fingerprint density at radius 1 is 1.08 bits per heavy atom. The van der Waals surface area contributed by atoms with E-state index >= 15 is 0 Å². The van der Waals surface area contributed by atoms with Crippen LogP contribution in [-0.2, 0) is 4.74 Å². The second-order valence-electron chi connectivity index (χ2n) is 5.72. The molecule has 0 aliphatic carbocycles. The number of aromatic nitrogens is 3. The lowest BCUT2D eigenvalue weighted by Gasteiger charge is -2.24. The summed E-state index contributed by atoms with van der Waals surface area (Å²) < 4.78 is 5.78. The van der Waals surface area contributed by atoms with Gasteiger partial charge in [0.15, 0.2) is 0 Å². The van der Waals surface area contributed by atoms with E-state index in [2.05, 4.69) is 44.8 Å². The molecule has 1 fully saturated rings. The minimum atomic E-state index is 0.129. The fraction of sp³-hybridized carbons (Fsp3) is 0.222. The van der Waals surface area contributed by atoms with E-state index < -0.39 is 0 Å². The van der Waals surface area contributed by atoms with Gasteiger partial charge < -0.3 is 10.1 Å². The van der Waals surface area contributed by atoms with E-state index in [0.717, 1.165) is 42.2 Å². The van der Waals surface area contributed by atoms with Gasteiger partial charge in [0.1, 0.15) is 5.15 Å². The first-order valence-electron chi connectivity index (χ1n) is 7.89. The third kappa shape index (κ3) is 3.19. The number of nitrogens with one attached hydrogen (secondary N) is 2. The maximum atomic E-state index is 5.94. The number of hydrogen-bond acceptors (Lipinski definition) is 4. The van der Waals surface area contributed by atoms with Crippen molar-refractivity contribution in [1.29, 1.82) is 0 Å². The van der Waals surface area contributed by atoms with E-state index in [9.17, 15) is 0 Å².